The van der Waals surface area contributed by atoms with E-state index in [2.05, 4.69) is 44.2 Å². The van der Waals surface area contributed by atoms with E-state index < -0.39 is 7.94 Å². The standard InChI is InChI=1S/C38H65O3P/c1-3-5-7-9-11-13-15-17-19-21-29-35-39-42(38-33-27-24-28-34-38,41-37-31-25-23-26-32-37)40-36-30-22-20-18-16-14-12-10-8-6-4-2/h23-28,31-34,42H,3-22,29-30,35-36H2,1-2H3. The quantitative estimate of drug-likeness (QED) is 0.0686. The van der Waals surface area contributed by atoms with E-state index in [0.717, 1.165) is 23.9 Å². The van der Waals surface area contributed by atoms with Crippen LogP contribution in [0, 0.1) is 0 Å². The molecule has 0 N–H and O–H groups in total. The van der Waals surface area contributed by atoms with Gasteiger partial charge in [0.1, 0.15) is 0 Å². The summed E-state index contributed by atoms with van der Waals surface area (Å²) < 4.78 is 20.1. The third kappa shape index (κ3) is 17.6. The number of rotatable bonds is 29. The van der Waals surface area contributed by atoms with Crippen molar-refractivity contribution in [1.82, 2.24) is 0 Å². The average molecular weight is 601 g/mol. The molecule has 0 saturated carbocycles. The first-order valence-electron chi connectivity index (χ1n) is 17.9. The zero-order valence-electron chi connectivity index (χ0n) is 27.5. The summed E-state index contributed by atoms with van der Waals surface area (Å²) >= 11 is 0. The second-order valence-electron chi connectivity index (χ2n) is 12.1. The Morgan fingerprint density at radius 2 is 0.738 bits per heavy atom. The fourth-order valence-corrected chi connectivity index (χ4v) is 8.08. The molecule has 240 valence electrons. The Bertz CT molecular complexity index is 801. The zero-order valence-corrected chi connectivity index (χ0v) is 28.5. The van der Waals surface area contributed by atoms with Gasteiger partial charge in [0, 0.05) is 0 Å². The summed E-state index contributed by atoms with van der Waals surface area (Å²) in [5, 5.41) is 1.06. The first-order valence-corrected chi connectivity index (χ1v) is 19.6. The van der Waals surface area contributed by atoms with Crippen molar-refractivity contribution in [2.75, 3.05) is 13.2 Å². The van der Waals surface area contributed by atoms with E-state index in [-0.39, 0.29) is 0 Å². The van der Waals surface area contributed by atoms with Gasteiger partial charge in [0.25, 0.3) is 0 Å². The Kier molecular flexibility index (Phi) is 22.8. The van der Waals surface area contributed by atoms with Gasteiger partial charge in [-0.25, -0.2) is 0 Å². The van der Waals surface area contributed by atoms with Gasteiger partial charge >= 0.3 is 235 Å². The molecule has 2 aromatic rings. The Morgan fingerprint density at radius 3 is 1.12 bits per heavy atom. The van der Waals surface area contributed by atoms with E-state index in [9.17, 15) is 0 Å². The van der Waals surface area contributed by atoms with Crippen molar-refractivity contribution >= 4 is 13.2 Å². The summed E-state index contributed by atoms with van der Waals surface area (Å²) in [5.74, 6) is 0.825. The second-order valence-corrected chi connectivity index (χ2v) is 14.6. The van der Waals surface area contributed by atoms with Crippen LogP contribution in [0.4, 0.5) is 0 Å². The van der Waals surface area contributed by atoms with Crippen LogP contribution in [0.25, 0.3) is 0 Å². The minimum absolute atomic E-state index is 0.684. The molecule has 2 rings (SSSR count). The molecule has 0 radical (unpaired) electrons. The summed E-state index contributed by atoms with van der Waals surface area (Å²) in [6.07, 6.45) is 29.2. The normalized spacial score (nSPS) is 12.0. The number of para-hydroxylation sites is 1. The molecule has 0 aliphatic heterocycles. The molecule has 0 unspecified atom stereocenters. The molecular weight excluding hydrogens is 535 g/mol. The summed E-state index contributed by atoms with van der Waals surface area (Å²) in [6, 6.07) is 20.5. The van der Waals surface area contributed by atoms with Crippen LogP contribution in [0.5, 0.6) is 5.75 Å². The Morgan fingerprint density at radius 1 is 0.405 bits per heavy atom. The third-order valence-corrected chi connectivity index (χ3v) is 10.9. The number of benzene rings is 2. The van der Waals surface area contributed by atoms with Crippen molar-refractivity contribution in [3.05, 3.63) is 60.7 Å². The number of unbranched alkanes of at least 4 members (excludes halogenated alkanes) is 20. The maximum absolute atomic E-state index is 6.70. The fraction of sp³-hybridized carbons (Fsp3) is 0.684. The van der Waals surface area contributed by atoms with E-state index in [1.54, 1.807) is 0 Å². The molecule has 0 aliphatic rings. The van der Waals surface area contributed by atoms with Crippen LogP contribution in [0.1, 0.15) is 155 Å². The van der Waals surface area contributed by atoms with Crippen molar-refractivity contribution in [1.29, 1.82) is 0 Å². The van der Waals surface area contributed by atoms with Gasteiger partial charge in [0.05, 0.1) is 0 Å². The van der Waals surface area contributed by atoms with Crippen molar-refractivity contribution in [2.24, 2.45) is 0 Å². The van der Waals surface area contributed by atoms with Gasteiger partial charge in [0.15, 0.2) is 0 Å². The molecule has 2 aromatic carbocycles. The van der Waals surface area contributed by atoms with E-state index in [1.165, 1.54) is 128 Å². The van der Waals surface area contributed by atoms with E-state index in [4.69, 9.17) is 13.6 Å². The van der Waals surface area contributed by atoms with Crippen LogP contribution in [-0.2, 0) is 9.05 Å². The van der Waals surface area contributed by atoms with Gasteiger partial charge in [0.2, 0.25) is 0 Å². The van der Waals surface area contributed by atoms with E-state index >= 15 is 0 Å². The van der Waals surface area contributed by atoms with Crippen molar-refractivity contribution in [2.45, 2.75) is 155 Å². The van der Waals surface area contributed by atoms with Crippen LogP contribution in [-0.4, -0.2) is 13.2 Å². The van der Waals surface area contributed by atoms with Crippen LogP contribution in [0.3, 0.4) is 0 Å². The van der Waals surface area contributed by atoms with Crippen molar-refractivity contribution in [3.8, 4) is 5.75 Å². The average Bonchev–Trinajstić information content (AvgIpc) is 3.03. The Labute approximate surface area is 261 Å². The van der Waals surface area contributed by atoms with Crippen molar-refractivity contribution < 1.29 is 13.6 Å². The van der Waals surface area contributed by atoms with Crippen LogP contribution < -0.4 is 9.83 Å². The molecule has 4 heteroatoms. The van der Waals surface area contributed by atoms with E-state index in [0.29, 0.717) is 13.2 Å². The molecular formula is C38H65O3P. The van der Waals surface area contributed by atoms with Gasteiger partial charge in [-0.1, -0.05) is 26.7 Å². The molecule has 0 amide bonds. The molecule has 0 atom stereocenters. The monoisotopic (exact) mass is 600 g/mol. The van der Waals surface area contributed by atoms with Crippen LogP contribution in [0.2, 0.25) is 0 Å². The minimum atomic E-state index is -3.11. The number of hydrogen-bond acceptors (Lipinski definition) is 3. The molecule has 0 saturated heterocycles. The summed E-state index contributed by atoms with van der Waals surface area (Å²) in [7, 11) is -3.11. The SMILES string of the molecule is CCCCCCCCCCCCCO[PH](OCCCCCCCCCCCCC)(Oc1ccccc1)c1ccccc1. The number of hydrogen-bond donors (Lipinski definition) is 0. The Balaban J connectivity index is 1.79. The summed E-state index contributed by atoms with van der Waals surface area (Å²) in [6.45, 7) is 5.94. The van der Waals surface area contributed by atoms with Gasteiger partial charge < -0.3 is 0 Å². The molecule has 42 heavy (non-hydrogen) atoms. The van der Waals surface area contributed by atoms with Gasteiger partial charge in [-0.15, -0.1) is 0 Å². The molecule has 0 bridgehead atoms. The topological polar surface area (TPSA) is 27.7 Å². The van der Waals surface area contributed by atoms with E-state index in [1.807, 2.05) is 30.3 Å². The molecule has 0 fully saturated rings. The predicted octanol–water partition coefficient (Wildman–Crippen LogP) is 12.5. The van der Waals surface area contributed by atoms with Crippen LogP contribution >= 0.6 is 7.94 Å². The van der Waals surface area contributed by atoms with Crippen molar-refractivity contribution in [3.63, 3.8) is 0 Å². The molecule has 0 aromatic heterocycles. The molecule has 3 nitrogen and oxygen atoms in total. The third-order valence-electron chi connectivity index (χ3n) is 8.20. The van der Waals surface area contributed by atoms with Gasteiger partial charge in [-0.2, -0.15) is 0 Å². The first kappa shape index (κ1) is 36.8. The predicted molar refractivity (Wildman–Crippen MR) is 186 cm³/mol. The zero-order chi connectivity index (χ0) is 29.8. The Hall–Kier alpha value is -1.41. The molecule has 0 spiro atoms. The first-order chi connectivity index (χ1) is 20.8. The maximum atomic E-state index is 6.70. The second kappa shape index (κ2) is 26.0. The summed E-state index contributed by atoms with van der Waals surface area (Å²) in [4.78, 5) is 0. The van der Waals surface area contributed by atoms with Gasteiger partial charge in [-0.3, -0.25) is 0 Å². The molecule has 0 heterocycles. The van der Waals surface area contributed by atoms with Crippen LogP contribution in [0.15, 0.2) is 60.7 Å². The van der Waals surface area contributed by atoms with Gasteiger partial charge in [-0.05, 0) is 0 Å². The fourth-order valence-electron chi connectivity index (χ4n) is 5.56. The molecule has 0 aliphatic carbocycles. The summed E-state index contributed by atoms with van der Waals surface area (Å²) in [5.41, 5.74) is 0.